The Labute approximate surface area is 112 Å². The van der Waals surface area contributed by atoms with E-state index in [9.17, 15) is 4.39 Å². The number of aromatic nitrogens is 1. The van der Waals surface area contributed by atoms with Crippen molar-refractivity contribution in [2.75, 3.05) is 6.54 Å². The van der Waals surface area contributed by atoms with Crippen molar-refractivity contribution >= 4 is 0 Å². The van der Waals surface area contributed by atoms with Crippen LogP contribution in [-0.2, 0) is 13.0 Å². The highest BCUT2D eigenvalue weighted by Crippen LogP contribution is 2.15. The van der Waals surface area contributed by atoms with Gasteiger partial charge in [-0.25, -0.2) is 4.39 Å². The highest BCUT2D eigenvalue weighted by molar-refractivity contribution is 5.27. The molecule has 0 aliphatic rings. The average Bonchev–Trinajstić information content (AvgIpc) is 2.42. The second-order valence-corrected chi connectivity index (χ2v) is 4.38. The third-order valence-electron chi connectivity index (χ3n) is 2.90. The Hall–Kier alpha value is -1.94. The molecule has 0 radical (unpaired) electrons. The number of aryl methyl sites for hydroxylation is 1. The second kappa shape index (κ2) is 6.29. The van der Waals surface area contributed by atoms with E-state index < -0.39 is 0 Å². The van der Waals surface area contributed by atoms with E-state index in [1.807, 2.05) is 19.1 Å². The van der Waals surface area contributed by atoms with Crippen LogP contribution in [0.15, 0.2) is 36.5 Å². The Morgan fingerprint density at radius 2 is 2.11 bits per heavy atom. The molecular formula is C15H17FN2O. The predicted molar refractivity (Wildman–Crippen MR) is 72.5 cm³/mol. The third kappa shape index (κ3) is 3.76. The molecule has 100 valence electrons. The molecule has 1 aromatic carbocycles. The van der Waals surface area contributed by atoms with E-state index in [0.29, 0.717) is 18.9 Å². The molecule has 0 atom stereocenters. The monoisotopic (exact) mass is 260 g/mol. The normalized spacial score (nSPS) is 10.5. The van der Waals surface area contributed by atoms with Crippen LogP contribution in [0.3, 0.4) is 0 Å². The fraction of sp³-hybridized carbons (Fsp3) is 0.267. The van der Waals surface area contributed by atoms with Gasteiger partial charge in [0, 0.05) is 12.1 Å². The van der Waals surface area contributed by atoms with Crippen LogP contribution in [0.4, 0.5) is 4.39 Å². The molecule has 0 aliphatic carbocycles. The SMILES string of the molecule is Cc1ccc(F)cc1COc1ccc(CCN)nc1. The van der Waals surface area contributed by atoms with Crippen molar-refractivity contribution in [1.29, 1.82) is 0 Å². The fourth-order valence-corrected chi connectivity index (χ4v) is 1.75. The summed E-state index contributed by atoms with van der Waals surface area (Å²) in [5, 5.41) is 0. The summed E-state index contributed by atoms with van der Waals surface area (Å²) in [5.41, 5.74) is 8.25. The first kappa shape index (κ1) is 13.5. The Morgan fingerprint density at radius 3 is 2.79 bits per heavy atom. The topological polar surface area (TPSA) is 48.1 Å². The van der Waals surface area contributed by atoms with Gasteiger partial charge < -0.3 is 10.5 Å². The van der Waals surface area contributed by atoms with Crippen LogP contribution in [0.1, 0.15) is 16.8 Å². The van der Waals surface area contributed by atoms with Crippen molar-refractivity contribution in [3.05, 3.63) is 59.2 Å². The summed E-state index contributed by atoms with van der Waals surface area (Å²) in [6.45, 7) is 2.85. The lowest BCUT2D eigenvalue weighted by Crippen LogP contribution is -2.04. The van der Waals surface area contributed by atoms with Crippen molar-refractivity contribution in [1.82, 2.24) is 4.98 Å². The Balaban J connectivity index is 2.00. The quantitative estimate of drug-likeness (QED) is 0.899. The molecule has 0 bridgehead atoms. The molecule has 0 unspecified atom stereocenters. The second-order valence-electron chi connectivity index (χ2n) is 4.38. The van der Waals surface area contributed by atoms with Crippen LogP contribution in [0.25, 0.3) is 0 Å². The van der Waals surface area contributed by atoms with Crippen LogP contribution >= 0.6 is 0 Å². The standard InChI is InChI=1S/C15H17FN2O/c1-11-2-3-13(16)8-12(11)10-19-15-5-4-14(6-7-17)18-9-15/h2-5,8-9H,6-7,10,17H2,1H3. The summed E-state index contributed by atoms with van der Waals surface area (Å²) in [4.78, 5) is 4.24. The molecule has 0 saturated carbocycles. The number of pyridine rings is 1. The molecular weight excluding hydrogens is 243 g/mol. The first-order chi connectivity index (χ1) is 9.19. The van der Waals surface area contributed by atoms with Crippen molar-refractivity contribution in [3.63, 3.8) is 0 Å². The molecule has 1 aromatic heterocycles. The first-order valence-corrected chi connectivity index (χ1v) is 6.22. The highest BCUT2D eigenvalue weighted by atomic mass is 19.1. The van der Waals surface area contributed by atoms with E-state index in [-0.39, 0.29) is 5.82 Å². The molecule has 2 rings (SSSR count). The predicted octanol–water partition coefficient (Wildman–Crippen LogP) is 2.61. The zero-order chi connectivity index (χ0) is 13.7. The zero-order valence-electron chi connectivity index (χ0n) is 10.9. The van der Waals surface area contributed by atoms with Crippen LogP contribution in [0, 0.1) is 12.7 Å². The molecule has 2 aromatic rings. The van der Waals surface area contributed by atoms with Crippen LogP contribution < -0.4 is 10.5 Å². The van der Waals surface area contributed by atoms with Gasteiger partial charge in [0.15, 0.2) is 0 Å². The van der Waals surface area contributed by atoms with Crippen molar-refractivity contribution < 1.29 is 9.13 Å². The lowest BCUT2D eigenvalue weighted by molar-refractivity contribution is 0.303. The molecule has 2 N–H and O–H groups in total. The van der Waals surface area contributed by atoms with Gasteiger partial charge in [-0.2, -0.15) is 0 Å². The molecule has 0 saturated heterocycles. The number of hydrogen-bond donors (Lipinski definition) is 1. The molecule has 0 spiro atoms. The maximum atomic E-state index is 13.1. The van der Waals surface area contributed by atoms with E-state index >= 15 is 0 Å². The van der Waals surface area contributed by atoms with Crippen LogP contribution in [0.5, 0.6) is 5.75 Å². The lowest BCUT2D eigenvalue weighted by Gasteiger charge is -2.09. The number of nitrogens with two attached hydrogens (primary N) is 1. The van der Waals surface area contributed by atoms with Crippen LogP contribution in [-0.4, -0.2) is 11.5 Å². The number of hydrogen-bond acceptors (Lipinski definition) is 3. The fourth-order valence-electron chi connectivity index (χ4n) is 1.75. The number of ether oxygens (including phenoxy) is 1. The van der Waals surface area contributed by atoms with Gasteiger partial charge in [-0.15, -0.1) is 0 Å². The molecule has 1 heterocycles. The highest BCUT2D eigenvalue weighted by Gasteiger charge is 2.02. The molecule has 4 heteroatoms. The lowest BCUT2D eigenvalue weighted by atomic mass is 10.1. The number of benzene rings is 1. The van der Waals surface area contributed by atoms with E-state index in [1.54, 1.807) is 12.3 Å². The Kier molecular flexibility index (Phi) is 4.47. The average molecular weight is 260 g/mol. The van der Waals surface area contributed by atoms with Crippen molar-refractivity contribution in [2.45, 2.75) is 20.0 Å². The van der Waals surface area contributed by atoms with E-state index in [2.05, 4.69) is 4.98 Å². The van der Waals surface area contributed by atoms with Gasteiger partial charge in [0.1, 0.15) is 18.2 Å². The van der Waals surface area contributed by atoms with Gasteiger partial charge in [-0.1, -0.05) is 6.07 Å². The molecule has 19 heavy (non-hydrogen) atoms. The largest absolute Gasteiger partial charge is 0.487 e. The Bertz CT molecular complexity index is 540. The maximum absolute atomic E-state index is 13.1. The van der Waals surface area contributed by atoms with E-state index in [4.69, 9.17) is 10.5 Å². The minimum absolute atomic E-state index is 0.249. The molecule has 0 aliphatic heterocycles. The van der Waals surface area contributed by atoms with Crippen LogP contribution in [0.2, 0.25) is 0 Å². The smallest absolute Gasteiger partial charge is 0.138 e. The molecule has 0 amide bonds. The van der Waals surface area contributed by atoms with Gasteiger partial charge in [-0.3, -0.25) is 4.98 Å². The molecule has 0 fully saturated rings. The summed E-state index contributed by atoms with van der Waals surface area (Å²) in [7, 11) is 0. The summed E-state index contributed by atoms with van der Waals surface area (Å²) in [5.74, 6) is 0.421. The first-order valence-electron chi connectivity index (χ1n) is 6.22. The summed E-state index contributed by atoms with van der Waals surface area (Å²) in [6, 6.07) is 8.43. The number of rotatable bonds is 5. The van der Waals surface area contributed by atoms with Gasteiger partial charge in [0.05, 0.1) is 6.20 Å². The van der Waals surface area contributed by atoms with E-state index in [1.165, 1.54) is 12.1 Å². The van der Waals surface area contributed by atoms with E-state index in [0.717, 1.165) is 23.2 Å². The summed E-state index contributed by atoms with van der Waals surface area (Å²) >= 11 is 0. The maximum Gasteiger partial charge on any atom is 0.138 e. The van der Waals surface area contributed by atoms with Gasteiger partial charge in [-0.05, 0) is 48.9 Å². The zero-order valence-corrected chi connectivity index (χ0v) is 10.9. The van der Waals surface area contributed by atoms with Crippen molar-refractivity contribution in [2.24, 2.45) is 5.73 Å². The Morgan fingerprint density at radius 1 is 1.26 bits per heavy atom. The number of nitrogens with zero attached hydrogens (tertiary/aromatic N) is 1. The van der Waals surface area contributed by atoms with Gasteiger partial charge in [0.2, 0.25) is 0 Å². The number of halogens is 1. The van der Waals surface area contributed by atoms with Crippen molar-refractivity contribution in [3.8, 4) is 5.75 Å². The van der Waals surface area contributed by atoms with Gasteiger partial charge >= 0.3 is 0 Å². The summed E-state index contributed by atoms with van der Waals surface area (Å²) in [6.07, 6.45) is 2.42. The van der Waals surface area contributed by atoms with Gasteiger partial charge in [0.25, 0.3) is 0 Å². The minimum atomic E-state index is -0.249. The summed E-state index contributed by atoms with van der Waals surface area (Å²) < 4.78 is 18.7. The third-order valence-corrected chi connectivity index (χ3v) is 2.90. The molecule has 3 nitrogen and oxygen atoms in total. The minimum Gasteiger partial charge on any atom is -0.487 e.